The molecule has 2 heterocycles. The summed E-state index contributed by atoms with van der Waals surface area (Å²) in [6.45, 7) is 3.80. The van der Waals surface area contributed by atoms with Gasteiger partial charge < -0.3 is 14.7 Å². The molecule has 0 aromatic heterocycles. The molecule has 0 aliphatic carbocycles. The molecule has 2 aliphatic rings. The second-order valence-electron chi connectivity index (χ2n) is 5.32. The van der Waals surface area contributed by atoms with Crippen molar-refractivity contribution < 1.29 is 9.09 Å². The number of fused-ring (bicyclic) bond motifs is 3. The average Bonchev–Trinajstić information content (AvgIpc) is 2.55. The van der Waals surface area contributed by atoms with Crippen LogP contribution in [0.2, 0.25) is 0 Å². The average molecular weight is 300 g/mol. The smallest absolute Gasteiger partial charge is 0.268 e. The highest BCUT2D eigenvalue weighted by Crippen LogP contribution is 2.44. The molecule has 0 radical (unpaired) electrons. The molecular formula is C16H17N2O2P. The maximum atomic E-state index is 12.6. The fourth-order valence-electron chi connectivity index (χ4n) is 3.08. The van der Waals surface area contributed by atoms with Gasteiger partial charge in [-0.2, -0.15) is 0 Å². The highest BCUT2D eigenvalue weighted by molar-refractivity contribution is 7.49. The van der Waals surface area contributed by atoms with E-state index in [4.69, 9.17) is 4.52 Å². The Morgan fingerprint density at radius 1 is 1.00 bits per heavy atom. The summed E-state index contributed by atoms with van der Waals surface area (Å²) in [6, 6.07) is 14.0. The van der Waals surface area contributed by atoms with Crippen molar-refractivity contribution in [1.82, 2.24) is 5.32 Å². The summed E-state index contributed by atoms with van der Waals surface area (Å²) in [7, 11) is -2.25. The van der Waals surface area contributed by atoms with Crippen LogP contribution in [-0.2, 0) is 4.57 Å². The van der Waals surface area contributed by atoms with Gasteiger partial charge in [-0.05, 0) is 12.1 Å². The van der Waals surface area contributed by atoms with E-state index in [9.17, 15) is 4.57 Å². The van der Waals surface area contributed by atoms with Gasteiger partial charge in [-0.3, -0.25) is 4.57 Å². The number of benzene rings is 2. The molecule has 0 bridgehead atoms. The molecule has 2 aromatic carbocycles. The summed E-state index contributed by atoms with van der Waals surface area (Å²) in [4.78, 5) is 2.30. The highest BCUT2D eigenvalue weighted by Gasteiger charge is 2.27. The van der Waals surface area contributed by atoms with Crippen LogP contribution in [0.15, 0.2) is 42.5 Å². The van der Waals surface area contributed by atoms with Gasteiger partial charge in [-0.25, -0.2) is 0 Å². The number of nitrogens with zero attached hydrogens (tertiary/aromatic N) is 1. The number of hydrogen-bond donors (Lipinski definition) is 1. The zero-order valence-electron chi connectivity index (χ0n) is 11.6. The predicted molar refractivity (Wildman–Crippen MR) is 86.2 cm³/mol. The first-order valence-corrected chi connectivity index (χ1v) is 8.56. The van der Waals surface area contributed by atoms with Crippen LogP contribution in [0.1, 0.15) is 0 Å². The Hall–Kier alpha value is -1.77. The van der Waals surface area contributed by atoms with E-state index in [2.05, 4.69) is 16.3 Å². The van der Waals surface area contributed by atoms with Gasteiger partial charge in [-0.15, -0.1) is 0 Å². The van der Waals surface area contributed by atoms with Crippen molar-refractivity contribution in [3.8, 4) is 16.9 Å². The first-order valence-electron chi connectivity index (χ1n) is 7.25. The predicted octanol–water partition coefficient (Wildman–Crippen LogP) is 2.26. The van der Waals surface area contributed by atoms with E-state index in [-0.39, 0.29) is 0 Å². The Labute approximate surface area is 124 Å². The van der Waals surface area contributed by atoms with E-state index in [0.717, 1.165) is 54.0 Å². The van der Waals surface area contributed by atoms with Gasteiger partial charge in [-0.1, -0.05) is 30.3 Å². The van der Waals surface area contributed by atoms with Crippen LogP contribution in [-0.4, -0.2) is 26.2 Å². The molecule has 2 aliphatic heterocycles. The molecule has 4 rings (SSSR count). The maximum absolute atomic E-state index is 12.6. The number of para-hydroxylation sites is 1. The minimum absolute atomic E-state index is 0.728. The molecule has 4 nitrogen and oxygen atoms in total. The Morgan fingerprint density at radius 3 is 2.62 bits per heavy atom. The van der Waals surface area contributed by atoms with Gasteiger partial charge in [0.05, 0.1) is 11.0 Å². The lowest BCUT2D eigenvalue weighted by Gasteiger charge is -2.33. The van der Waals surface area contributed by atoms with Gasteiger partial charge in [0.25, 0.3) is 8.03 Å². The molecule has 1 unspecified atom stereocenters. The summed E-state index contributed by atoms with van der Waals surface area (Å²) >= 11 is 0. The lowest BCUT2D eigenvalue weighted by molar-refractivity contribution is 0.513. The lowest BCUT2D eigenvalue weighted by Crippen LogP contribution is -2.45. The second-order valence-corrected chi connectivity index (χ2v) is 6.60. The monoisotopic (exact) mass is 300 g/mol. The van der Waals surface area contributed by atoms with Crippen molar-refractivity contribution in [2.75, 3.05) is 31.1 Å². The first-order chi connectivity index (χ1) is 10.3. The van der Waals surface area contributed by atoms with Crippen LogP contribution in [0, 0.1) is 0 Å². The van der Waals surface area contributed by atoms with E-state index in [1.165, 1.54) is 0 Å². The van der Waals surface area contributed by atoms with Crippen molar-refractivity contribution in [3.63, 3.8) is 0 Å². The lowest BCUT2D eigenvalue weighted by atomic mass is 10.0. The molecule has 0 saturated carbocycles. The molecule has 0 amide bonds. The number of hydrogen-bond acceptors (Lipinski definition) is 4. The third kappa shape index (κ3) is 2.15. The van der Waals surface area contributed by atoms with Crippen LogP contribution in [0.5, 0.6) is 5.75 Å². The summed E-state index contributed by atoms with van der Waals surface area (Å²) in [5.41, 5.74) is 3.15. The van der Waals surface area contributed by atoms with E-state index >= 15 is 0 Å². The van der Waals surface area contributed by atoms with Crippen LogP contribution in [0.4, 0.5) is 5.69 Å². The van der Waals surface area contributed by atoms with Crippen LogP contribution in [0.3, 0.4) is 0 Å². The molecule has 1 atom stereocenters. The first kappa shape index (κ1) is 12.9. The topological polar surface area (TPSA) is 41.6 Å². The number of piperazine rings is 1. The van der Waals surface area contributed by atoms with Crippen molar-refractivity contribution in [2.24, 2.45) is 0 Å². The standard InChI is InChI=1S/C16H17N2O2P/c19-21-16-13(12-4-1-2-7-15(12)20-21)5-3-6-14(16)18-10-8-17-9-11-18/h1-7,17,21H,8-11H2. The Balaban J connectivity index is 1.88. The van der Waals surface area contributed by atoms with Gasteiger partial charge in [0.2, 0.25) is 0 Å². The minimum Gasteiger partial charge on any atom is -0.441 e. The van der Waals surface area contributed by atoms with E-state index < -0.39 is 8.03 Å². The Bertz CT molecular complexity index is 711. The fourth-order valence-corrected chi connectivity index (χ4v) is 4.45. The third-order valence-electron chi connectivity index (χ3n) is 4.08. The molecule has 21 heavy (non-hydrogen) atoms. The number of rotatable bonds is 1. The highest BCUT2D eigenvalue weighted by atomic mass is 31.1. The van der Waals surface area contributed by atoms with E-state index in [0.29, 0.717) is 0 Å². The van der Waals surface area contributed by atoms with E-state index in [1.54, 1.807) is 0 Å². The zero-order chi connectivity index (χ0) is 14.2. The molecule has 5 heteroatoms. The van der Waals surface area contributed by atoms with Gasteiger partial charge >= 0.3 is 0 Å². The molecule has 1 saturated heterocycles. The molecule has 1 N–H and O–H groups in total. The largest absolute Gasteiger partial charge is 0.441 e. The molecule has 108 valence electrons. The van der Waals surface area contributed by atoms with Crippen LogP contribution in [0.25, 0.3) is 11.1 Å². The normalized spacial score (nSPS) is 20.4. The zero-order valence-corrected chi connectivity index (χ0v) is 12.6. The van der Waals surface area contributed by atoms with Gasteiger partial charge in [0, 0.05) is 37.3 Å². The van der Waals surface area contributed by atoms with Crippen LogP contribution >= 0.6 is 8.03 Å². The summed E-state index contributed by atoms with van der Waals surface area (Å²) < 4.78 is 18.3. The van der Waals surface area contributed by atoms with Crippen molar-refractivity contribution in [1.29, 1.82) is 0 Å². The summed E-state index contributed by atoms with van der Waals surface area (Å²) in [5.74, 6) is 0.728. The SMILES string of the molecule is O=[PH]1Oc2ccccc2-c2cccc(N3CCNCC3)c21. The second kappa shape index (κ2) is 5.21. The molecule has 1 fully saturated rings. The Morgan fingerprint density at radius 2 is 1.76 bits per heavy atom. The maximum Gasteiger partial charge on any atom is 0.268 e. The Kier molecular flexibility index (Phi) is 3.21. The number of anilines is 1. The minimum atomic E-state index is -2.25. The molecule has 2 aromatic rings. The van der Waals surface area contributed by atoms with Crippen molar-refractivity contribution in [2.45, 2.75) is 0 Å². The third-order valence-corrected chi connectivity index (χ3v) is 5.42. The molecule has 0 spiro atoms. The van der Waals surface area contributed by atoms with Gasteiger partial charge in [0.15, 0.2) is 0 Å². The van der Waals surface area contributed by atoms with Crippen molar-refractivity contribution in [3.05, 3.63) is 42.5 Å². The fraction of sp³-hybridized carbons (Fsp3) is 0.250. The van der Waals surface area contributed by atoms with Crippen molar-refractivity contribution >= 4 is 19.0 Å². The van der Waals surface area contributed by atoms with Gasteiger partial charge in [0.1, 0.15) is 5.75 Å². The molecular weight excluding hydrogens is 283 g/mol. The summed E-state index contributed by atoms with van der Waals surface area (Å²) in [6.07, 6.45) is 0. The number of nitrogens with one attached hydrogen (secondary N) is 1. The van der Waals surface area contributed by atoms with Crippen LogP contribution < -0.4 is 20.0 Å². The quantitative estimate of drug-likeness (QED) is 0.820. The van der Waals surface area contributed by atoms with E-state index in [1.807, 2.05) is 36.4 Å². The summed E-state index contributed by atoms with van der Waals surface area (Å²) in [5, 5.41) is 4.23.